The fraction of sp³-hybridized carbons (Fsp3) is 0.714. The summed E-state index contributed by atoms with van der Waals surface area (Å²) in [5, 5.41) is 3.27. The Labute approximate surface area is 65.7 Å². The van der Waals surface area contributed by atoms with Gasteiger partial charge >= 0.3 is 0 Å². The minimum atomic E-state index is 0.0955. The fourth-order valence-corrected chi connectivity index (χ4v) is 1.18. The molecule has 0 radical (unpaired) electrons. The smallest absolute Gasteiger partial charge is 0.236 e. The van der Waals surface area contributed by atoms with E-state index >= 15 is 0 Å². The minimum Gasteiger partial charge on any atom is -0.302 e. The van der Waals surface area contributed by atoms with Crippen LogP contribution in [0.1, 0.15) is 12.8 Å². The van der Waals surface area contributed by atoms with Gasteiger partial charge in [0.2, 0.25) is 5.91 Å². The molecule has 62 valence electrons. The van der Waals surface area contributed by atoms with E-state index in [1.807, 2.05) is 0 Å². The Balaban J connectivity index is 2.50. The zero-order valence-corrected chi connectivity index (χ0v) is 6.62. The summed E-state index contributed by atoms with van der Waals surface area (Å²) in [7, 11) is 1.70. The molecule has 4 nitrogen and oxygen atoms in total. The molecule has 1 amide bonds. The fourth-order valence-electron chi connectivity index (χ4n) is 1.18. The number of hydrazine groups is 1. The maximum atomic E-state index is 11.0. The van der Waals surface area contributed by atoms with Gasteiger partial charge in [0.05, 0.1) is 6.54 Å². The number of aldehydes is 1. The first kappa shape index (κ1) is 8.20. The van der Waals surface area contributed by atoms with Crippen LogP contribution in [0.2, 0.25) is 0 Å². The van der Waals surface area contributed by atoms with E-state index in [-0.39, 0.29) is 5.91 Å². The van der Waals surface area contributed by atoms with E-state index < -0.39 is 0 Å². The monoisotopic (exact) mass is 156 g/mol. The Hall–Kier alpha value is -0.900. The molecule has 0 aromatic heterocycles. The van der Waals surface area contributed by atoms with Gasteiger partial charge in [-0.15, -0.1) is 0 Å². The molecule has 0 bridgehead atoms. The number of hydrogen-bond acceptors (Lipinski definition) is 3. The summed E-state index contributed by atoms with van der Waals surface area (Å²) in [5.74, 6) is 0.0955. The second-order valence-electron chi connectivity index (χ2n) is 2.60. The molecule has 1 rings (SSSR count). The normalized spacial score (nSPS) is 20.5. The third-order valence-electron chi connectivity index (χ3n) is 1.88. The van der Waals surface area contributed by atoms with Crippen LogP contribution in [0.3, 0.4) is 0 Å². The van der Waals surface area contributed by atoms with Crippen molar-refractivity contribution in [2.45, 2.75) is 12.8 Å². The molecule has 1 aliphatic heterocycles. The summed E-state index contributed by atoms with van der Waals surface area (Å²) < 4.78 is 0. The van der Waals surface area contributed by atoms with Crippen molar-refractivity contribution in [2.24, 2.45) is 0 Å². The summed E-state index contributed by atoms with van der Waals surface area (Å²) in [4.78, 5) is 21.2. The summed E-state index contributed by atoms with van der Waals surface area (Å²) in [5.41, 5.74) is 0. The topological polar surface area (TPSA) is 40.6 Å². The van der Waals surface area contributed by atoms with Crippen molar-refractivity contribution in [3.63, 3.8) is 0 Å². The maximum Gasteiger partial charge on any atom is 0.236 e. The second-order valence-corrected chi connectivity index (χ2v) is 2.60. The predicted octanol–water partition coefficient (Wildman–Crippen LogP) is -0.346. The van der Waals surface area contributed by atoms with Gasteiger partial charge in [0, 0.05) is 20.0 Å². The van der Waals surface area contributed by atoms with Gasteiger partial charge in [0.1, 0.15) is 6.29 Å². The molecule has 1 saturated heterocycles. The van der Waals surface area contributed by atoms with Crippen LogP contribution >= 0.6 is 0 Å². The molecule has 1 fully saturated rings. The lowest BCUT2D eigenvalue weighted by atomic mass is 10.2. The first-order valence-electron chi connectivity index (χ1n) is 3.70. The van der Waals surface area contributed by atoms with Crippen molar-refractivity contribution >= 4 is 12.2 Å². The maximum absolute atomic E-state index is 11.0. The largest absolute Gasteiger partial charge is 0.302 e. The second kappa shape index (κ2) is 3.48. The van der Waals surface area contributed by atoms with Gasteiger partial charge in [-0.05, 0) is 6.42 Å². The Kier molecular flexibility index (Phi) is 2.59. The standard InChI is InChI=1S/C7H12N2O2/c1-8-7(11)3-2-4-9(8)5-6-10/h6H,2-5H2,1H3. The van der Waals surface area contributed by atoms with Crippen molar-refractivity contribution in [3.8, 4) is 0 Å². The average molecular weight is 156 g/mol. The number of hydrogen-bond donors (Lipinski definition) is 0. The molecule has 4 heteroatoms. The van der Waals surface area contributed by atoms with Crippen molar-refractivity contribution < 1.29 is 9.59 Å². The molecule has 0 spiro atoms. The Morgan fingerprint density at radius 3 is 3.00 bits per heavy atom. The molecule has 0 aromatic rings. The molecule has 0 saturated carbocycles. The molecule has 1 aliphatic rings. The van der Waals surface area contributed by atoms with Gasteiger partial charge in [-0.2, -0.15) is 0 Å². The van der Waals surface area contributed by atoms with Gasteiger partial charge in [-0.25, -0.2) is 5.01 Å². The van der Waals surface area contributed by atoms with E-state index in [2.05, 4.69) is 0 Å². The summed E-state index contributed by atoms with van der Waals surface area (Å²) in [6.07, 6.45) is 2.28. The van der Waals surface area contributed by atoms with E-state index in [1.54, 1.807) is 12.1 Å². The third-order valence-corrected chi connectivity index (χ3v) is 1.88. The molecule has 0 aliphatic carbocycles. The van der Waals surface area contributed by atoms with Crippen LogP contribution in [-0.2, 0) is 9.59 Å². The van der Waals surface area contributed by atoms with Crippen LogP contribution in [0, 0.1) is 0 Å². The van der Waals surface area contributed by atoms with Gasteiger partial charge in [-0.1, -0.05) is 0 Å². The van der Waals surface area contributed by atoms with Crippen LogP contribution in [-0.4, -0.2) is 42.3 Å². The molecule has 0 unspecified atom stereocenters. The molecular formula is C7H12N2O2. The van der Waals surface area contributed by atoms with E-state index in [1.165, 1.54) is 5.01 Å². The van der Waals surface area contributed by atoms with Crippen LogP contribution in [0.4, 0.5) is 0 Å². The summed E-state index contributed by atoms with van der Waals surface area (Å²) in [6, 6.07) is 0. The number of amides is 1. The van der Waals surface area contributed by atoms with Gasteiger partial charge < -0.3 is 4.79 Å². The van der Waals surface area contributed by atoms with Gasteiger partial charge in [0.15, 0.2) is 0 Å². The average Bonchev–Trinajstić information content (AvgIpc) is 1.99. The first-order valence-corrected chi connectivity index (χ1v) is 3.70. The van der Waals surface area contributed by atoms with Crippen molar-refractivity contribution in [2.75, 3.05) is 20.1 Å². The van der Waals surface area contributed by atoms with Crippen LogP contribution in [0.15, 0.2) is 0 Å². The molecule has 0 atom stereocenters. The highest BCUT2D eigenvalue weighted by Crippen LogP contribution is 2.08. The minimum absolute atomic E-state index is 0.0955. The number of nitrogens with zero attached hydrogens (tertiary/aromatic N) is 2. The van der Waals surface area contributed by atoms with Crippen LogP contribution in [0.25, 0.3) is 0 Å². The van der Waals surface area contributed by atoms with Gasteiger partial charge in [-0.3, -0.25) is 9.80 Å². The number of rotatable bonds is 2. The molecule has 0 aromatic carbocycles. The predicted molar refractivity (Wildman–Crippen MR) is 39.6 cm³/mol. The zero-order valence-electron chi connectivity index (χ0n) is 6.62. The summed E-state index contributed by atoms with van der Waals surface area (Å²) >= 11 is 0. The van der Waals surface area contributed by atoms with E-state index in [4.69, 9.17) is 0 Å². The lowest BCUT2D eigenvalue weighted by molar-refractivity contribution is -0.151. The van der Waals surface area contributed by atoms with E-state index in [0.29, 0.717) is 13.0 Å². The SMILES string of the molecule is CN1C(=O)CCCN1CC=O. The molecular weight excluding hydrogens is 144 g/mol. The first-order chi connectivity index (χ1) is 5.25. The molecule has 1 heterocycles. The summed E-state index contributed by atoms with van der Waals surface area (Å²) in [6.45, 7) is 1.13. The molecule has 11 heavy (non-hydrogen) atoms. The van der Waals surface area contributed by atoms with Gasteiger partial charge in [0.25, 0.3) is 0 Å². The lowest BCUT2D eigenvalue weighted by Gasteiger charge is -2.34. The number of carbonyl (C=O) groups is 2. The highest BCUT2D eigenvalue weighted by Gasteiger charge is 2.21. The number of carbonyl (C=O) groups excluding carboxylic acids is 2. The quantitative estimate of drug-likeness (QED) is 0.513. The highest BCUT2D eigenvalue weighted by atomic mass is 16.2. The van der Waals surface area contributed by atoms with Crippen LogP contribution in [0.5, 0.6) is 0 Å². The van der Waals surface area contributed by atoms with E-state index in [0.717, 1.165) is 19.3 Å². The Morgan fingerprint density at radius 1 is 1.64 bits per heavy atom. The molecule has 0 N–H and O–H groups in total. The van der Waals surface area contributed by atoms with Crippen LogP contribution < -0.4 is 0 Å². The Morgan fingerprint density at radius 2 is 2.36 bits per heavy atom. The van der Waals surface area contributed by atoms with E-state index in [9.17, 15) is 9.59 Å². The third kappa shape index (κ3) is 1.77. The van der Waals surface area contributed by atoms with Crippen molar-refractivity contribution in [3.05, 3.63) is 0 Å². The van der Waals surface area contributed by atoms with Crippen molar-refractivity contribution in [1.29, 1.82) is 0 Å². The lowest BCUT2D eigenvalue weighted by Crippen LogP contribution is -2.48. The Bertz CT molecular complexity index is 170. The zero-order chi connectivity index (χ0) is 8.27. The van der Waals surface area contributed by atoms with Crippen molar-refractivity contribution in [1.82, 2.24) is 10.0 Å². The highest BCUT2D eigenvalue weighted by molar-refractivity contribution is 5.76.